The van der Waals surface area contributed by atoms with Crippen LogP contribution in [0.5, 0.6) is 0 Å². The van der Waals surface area contributed by atoms with Gasteiger partial charge in [0, 0.05) is 6.04 Å². The predicted octanol–water partition coefficient (Wildman–Crippen LogP) is 2.55. The van der Waals surface area contributed by atoms with E-state index < -0.39 is 5.82 Å². The number of amides is 1. The van der Waals surface area contributed by atoms with Crippen molar-refractivity contribution < 1.29 is 18.7 Å². The number of rotatable bonds is 2. The van der Waals surface area contributed by atoms with Gasteiger partial charge in [0.15, 0.2) is 0 Å². The smallest absolute Gasteiger partial charge is 0.253 e. The Balaban J connectivity index is 1.62. The number of fused-ring (bicyclic) bond motifs is 1. The van der Waals surface area contributed by atoms with E-state index >= 15 is 0 Å². The Morgan fingerprint density at radius 2 is 2.00 bits per heavy atom. The number of halogens is 2. The first-order chi connectivity index (χ1) is 10.1. The number of carbonyl (C=O) groups is 1. The third-order valence-electron chi connectivity index (χ3n) is 3.99. The number of benzene rings is 1. The van der Waals surface area contributed by atoms with E-state index in [1.807, 2.05) is 0 Å². The summed E-state index contributed by atoms with van der Waals surface area (Å²) in [4.78, 5) is 12.2. The molecule has 2 aliphatic rings. The minimum absolute atomic E-state index is 0.0292. The van der Waals surface area contributed by atoms with Crippen molar-refractivity contribution in [1.29, 1.82) is 0 Å². The fourth-order valence-corrected chi connectivity index (χ4v) is 3.19. The molecule has 1 aromatic rings. The molecule has 0 bridgehead atoms. The molecule has 1 aliphatic heterocycles. The molecule has 0 radical (unpaired) electrons. The standard InChI is InChI=1S/C15H17ClFNO3/c16-12-7-9(17)1-3-11(12)15(19)18-10-2-4-13-14(8-10)21-6-5-20-13/h1,3,7,10,13-14H,2,4-6,8H2,(H,18,19). The van der Waals surface area contributed by atoms with Crippen LogP contribution in [-0.2, 0) is 9.47 Å². The molecule has 1 saturated heterocycles. The lowest BCUT2D eigenvalue weighted by Crippen LogP contribution is -2.49. The SMILES string of the molecule is O=C(NC1CCC2OCCOC2C1)c1ccc(F)cc1Cl. The van der Waals surface area contributed by atoms with E-state index in [9.17, 15) is 9.18 Å². The minimum Gasteiger partial charge on any atom is -0.373 e. The second-order valence-electron chi connectivity index (χ2n) is 5.43. The average Bonchev–Trinajstić information content (AvgIpc) is 2.47. The zero-order valence-corrected chi connectivity index (χ0v) is 12.2. The summed E-state index contributed by atoms with van der Waals surface area (Å²) in [5.41, 5.74) is 0.293. The normalized spacial score (nSPS) is 28.8. The number of hydrogen-bond acceptors (Lipinski definition) is 3. The Kier molecular flexibility index (Phi) is 4.42. The van der Waals surface area contributed by atoms with E-state index in [4.69, 9.17) is 21.1 Å². The first-order valence-electron chi connectivity index (χ1n) is 7.12. The molecule has 1 aliphatic carbocycles. The first-order valence-corrected chi connectivity index (χ1v) is 7.50. The van der Waals surface area contributed by atoms with Crippen molar-refractivity contribution in [2.75, 3.05) is 13.2 Å². The molecule has 1 N–H and O–H groups in total. The number of nitrogens with one attached hydrogen (secondary N) is 1. The quantitative estimate of drug-likeness (QED) is 0.913. The number of ether oxygens (including phenoxy) is 2. The maximum absolute atomic E-state index is 13.0. The van der Waals surface area contributed by atoms with E-state index in [1.165, 1.54) is 12.1 Å². The second-order valence-corrected chi connectivity index (χ2v) is 5.83. The number of hydrogen-bond donors (Lipinski definition) is 1. The van der Waals surface area contributed by atoms with Crippen LogP contribution in [0.1, 0.15) is 29.6 Å². The van der Waals surface area contributed by atoms with Gasteiger partial charge in [-0.2, -0.15) is 0 Å². The van der Waals surface area contributed by atoms with E-state index in [1.54, 1.807) is 0 Å². The van der Waals surface area contributed by atoms with Crippen LogP contribution in [0.4, 0.5) is 4.39 Å². The summed E-state index contributed by atoms with van der Waals surface area (Å²) < 4.78 is 24.3. The van der Waals surface area contributed by atoms with Gasteiger partial charge in [0.05, 0.1) is 36.0 Å². The van der Waals surface area contributed by atoms with Gasteiger partial charge >= 0.3 is 0 Å². The lowest BCUT2D eigenvalue weighted by atomic mass is 9.89. The van der Waals surface area contributed by atoms with E-state index in [2.05, 4.69) is 5.32 Å². The highest BCUT2D eigenvalue weighted by molar-refractivity contribution is 6.33. The summed E-state index contributed by atoms with van der Waals surface area (Å²) in [6.07, 6.45) is 2.62. The molecule has 1 aromatic carbocycles. The topological polar surface area (TPSA) is 47.6 Å². The summed E-state index contributed by atoms with van der Waals surface area (Å²) >= 11 is 5.91. The molecule has 21 heavy (non-hydrogen) atoms. The lowest BCUT2D eigenvalue weighted by Gasteiger charge is -2.39. The van der Waals surface area contributed by atoms with Gasteiger partial charge in [0.1, 0.15) is 5.82 Å². The summed E-state index contributed by atoms with van der Waals surface area (Å²) in [6.45, 7) is 1.25. The minimum atomic E-state index is -0.454. The zero-order valence-electron chi connectivity index (χ0n) is 11.5. The predicted molar refractivity (Wildman–Crippen MR) is 76.0 cm³/mol. The Bertz CT molecular complexity index is 540. The average molecular weight is 314 g/mol. The van der Waals surface area contributed by atoms with Gasteiger partial charge in [-0.1, -0.05) is 11.6 Å². The Morgan fingerprint density at radius 3 is 2.76 bits per heavy atom. The Hall–Kier alpha value is -1.17. The summed E-state index contributed by atoms with van der Waals surface area (Å²) in [5.74, 6) is -0.731. The highest BCUT2D eigenvalue weighted by atomic mass is 35.5. The zero-order chi connectivity index (χ0) is 14.8. The van der Waals surface area contributed by atoms with Crippen molar-refractivity contribution in [3.8, 4) is 0 Å². The van der Waals surface area contributed by atoms with Crippen LogP contribution in [0.2, 0.25) is 5.02 Å². The van der Waals surface area contributed by atoms with Crippen molar-refractivity contribution in [2.24, 2.45) is 0 Å². The Morgan fingerprint density at radius 1 is 1.24 bits per heavy atom. The van der Waals surface area contributed by atoms with Crippen LogP contribution in [0.15, 0.2) is 18.2 Å². The summed E-state index contributed by atoms with van der Waals surface area (Å²) in [7, 11) is 0. The molecule has 1 heterocycles. The molecule has 0 spiro atoms. The Labute approximate surface area is 127 Å². The van der Waals surface area contributed by atoms with Crippen molar-refractivity contribution in [3.05, 3.63) is 34.6 Å². The molecule has 3 unspecified atom stereocenters. The maximum atomic E-state index is 13.0. The van der Waals surface area contributed by atoms with Gasteiger partial charge in [0.25, 0.3) is 5.91 Å². The van der Waals surface area contributed by atoms with Crippen molar-refractivity contribution >= 4 is 17.5 Å². The summed E-state index contributed by atoms with van der Waals surface area (Å²) in [6, 6.07) is 3.81. The number of carbonyl (C=O) groups excluding carboxylic acids is 1. The van der Waals surface area contributed by atoms with Crippen molar-refractivity contribution in [1.82, 2.24) is 5.32 Å². The molecule has 1 saturated carbocycles. The first kappa shape index (κ1) is 14.8. The van der Waals surface area contributed by atoms with Crippen LogP contribution in [0.3, 0.4) is 0 Å². The van der Waals surface area contributed by atoms with Crippen LogP contribution in [0.25, 0.3) is 0 Å². The van der Waals surface area contributed by atoms with Crippen molar-refractivity contribution in [3.63, 3.8) is 0 Å². The molecular formula is C15H17ClFNO3. The third-order valence-corrected chi connectivity index (χ3v) is 4.30. The maximum Gasteiger partial charge on any atom is 0.253 e. The molecule has 0 aromatic heterocycles. The molecule has 114 valence electrons. The van der Waals surface area contributed by atoms with Gasteiger partial charge in [-0.05, 0) is 37.5 Å². The van der Waals surface area contributed by atoms with Gasteiger partial charge in [0.2, 0.25) is 0 Å². The van der Waals surface area contributed by atoms with Crippen molar-refractivity contribution in [2.45, 2.75) is 37.5 Å². The van der Waals surface area contributed by atoms with Gasteiger partial charge < -0.3 is 14.8 Å². The largest absolute Gasteiger partial charge is 0.373 e. The molecular weight excluding hydrogens is 297 g/mol. The van der Waals surface area contributed by atoms with E-state index in [0.29, 0.717) is 18.8 Å². The molecule has 3 atom stereocenters. The van der Waals surface area contributed by atoms with Crippen LogP contribution >= 0.6 is 11.6 Å². The van der Waals surface area contributed by atoms with Crippen LogP contribution in [0, 0.1) is 5.82 Å². The second kappa shape index (κ2) is 6.30. The fraction of sp³-hybridized carbons (Fsp3) is 0.533. The van der Waals surface area contributed by atoms with Gasteiger partial charge in [-0.15, -0.1) is 0 Å². The van der Waals surface area contributed by atoms with E-state index in [-0.39, 0.29) is 29.2 Å². The molecule has 2 fully saturated rings. The van der Waals surface area contributed by atoms with E-state index in [0.717, 1.165) is 25.3 Å². The third kappa shape index (κ3) is 3.36. The molecule has 6 heteroatoms. The van der Waals surface area contributed by atoms with Crippen LogP contribution in [-0.4, -0.2) is 37.4 Å². The lowest BCUT2D eigenvalue weighted by molar-refractivity contribution is -0.157. The van der Waals surface area contributed by atoms with Gasteiger partial charge in [-0.3, -0.25) is 4.79 Å². The molecule has 4 nitrogen and oxygen atoms in total. The van der Waals surface area contributed by atoms with Gasteiger partial charge in [-0.25, -0.2) is 4.39 Å². The highest BCUT2D eigenvalue weighted by Gasteiger charge is 2.34. The molecule has 1 amide bonds. The highest BCUT2D eigenvalue weighted by Crippen LogP contribution is 2.27. The van der Waals surface area contributed by atoms with Crippen LogP contribution < -0.4 is 5.32 Å². The fourth-order valence-electron chi connectivity index (χ4n) is 2.93. The monoisotopic (exact) mass is 313 g/mol. The molecule has 3 rings (SSSR count). The summed E-state index contributed by atoms with van der Waals surface area (Å²) in [5, 5.41) is 3.07.